The predicted molar refractivity (Wildman–Crippen MR) is 123 cm³/mol. The molecule has 0 aromatic heterocycles. The number of halogens is 4. The Bertz CT molecular complexity index is 1020. The molecule has 0 saturated heterocycles. The van der Waals surface area contributed by atoms with Crippen LogP contribution in [0.25, 0.3) is 0 Å². The second kappa shape index (κ2) is 11.4. The highest BCUT2D eigenvalue weighted by Gasteiger charge is 2.47. The van der Waals surface area contributed by atoms with Gasteiger partial charge in [-0.3, -0.25) is 19.7 Å². The van der Waals surface area contributed by atoms with Crippen LogP contribution in [0.2, 0.25) is 0 Å². The fraction of sp³-hybridized carbons (Fsp3) is 0.696. The van der Waals surface area contributed by atoms with Crippen molar-refractivity contribution < 1.29 is 40.4 Å². The summed E-state index contributed by atoms with van der Waals surface area (Å²) in [5.41, 5.74) is 0. The number of alkyl halides is 3. The first-order chi connectivity index (χ1) is 16.8. The molecule has 0 spiro atoms. The van der Waals surface area contributed by atoms with Gasteiger partial charge in [0, 0.05) is 12.0 Å². The highest BCUT2D eigenvalue weighted by molar-refractivity contribution is 7.91. The summed E-state index contributed by atoms with van der Waals surface area (Å²) in [6, 6.07) is -5.65. The number of Topliss-reactive ketones (excluding diaryl/α,β-unsaturated/α-hetero) is 1. The Hall–Kier alpha value is -2.28. The number of hydrogen-bond acceptors (Lipinski definition) is 6. The Morgan fingerprint density at radius 1 is 1.11 bits per heavy atom. The Labute approximate surface area is 207 Å². The third kappa shape index (κ3) is 8.39. The van der Waals surface area contributed by atoms with E-state index in [4.69, 9.17) is 0 Å². The standard InChI is InChI=1S/C23H31F4N3O5S/c1-2-17(19(31)22(33)28-16-9-10-16)30-21(32)18(12-36(34,35)11-13-3-4-13)29-20(23(25,26)27)14-5-7-15(24)8-6-14/h5,7-8,13-14,16-18,20,29H,2-4,6,9-12H2,1H3,(H,28,33)(H,30,32)/t14?,17-,18-,20-/m0/s1. The second-order valence-corrected chi connectivity index (χ2v) is 11.8. The number of rotatable bonds is 13. The van der Waals surface area contributed by atoms with E-state index in [2.05, 4.69) is 16.0 Å². The molecule has 0 radical (unpaired) electrons. The largest absolute Gasteiger partial charge is 0.404 e. The Balaban J connectivity index is 1.79. The molecule has 8 nitrogen and oxygen atoms in total. The monoisotopic (exact) mass is 537 g/mol. The average molecular weight is 538 g/mol. The van der Waals surface area contributed by atoms with Gasteiger partial charge in [0.05, 0.1) is 17.5 Å². The molecule has 3 rings (SSSR count). The van der Waals surface area contributed by atoms with Crippen molar-refractivity contribution in [2.75, 3.05) is 11.5 Å². The zero-order chi connectivity index (χ0) is 26.7. The van der Waals surface area contributed by atoms with Crippen molar-refractivity contribution in [1.29, 1.82) is 0 Å². The fourth-order valence-corrected chi connectivity index (χ4v) is 5.91. The van der Waals surface area contributed by atoms with Gasteiger partial charge in [0.15, 0.2) is 9.84 Å². The molecule has 3 aliphatic rings. The molecule has 13 heteroatoms. The van der Waals surface area contributed by atoms with Crippen LogP contribution >= 0.6 is 0 Å². The molecule has 0 bridgehead atoms. The van der Waals surface area contributed by atoms with E-state index in [9.17, 15) is 40.4 Å². The van der Waals surface area contributed by atoms with Gasteiger partial charge in [0.25, 0.3) is 5.91 Å². The van der Waals surface area contributed by atoms with Crippen molar-refractivity contribution in [3.05, 3.63) is 24.1 Å². The number of amides is 2. The maximum Gasteiger partial charge on any atom is 0.404 e. The molecule has 0 aromatic carbocycles. The first-order valence-corrected chi connectivity index (χ1v) is 13.8. The van der Waals surface area contributed by atoms with Crippen LogP contribution in [-0.4, -0.2) is 67.9 Å². The predicted octanol–water partition coefficient (Wildman–Crippen LogP) is 1.87. The molecule has 3 N–H and O–H groups in total. The van der Waals surface area contributed by atoms with E-state index in [1.807, 2.05) is 0 Å². The average Bonchev–Trinajstić information content (AvgIpc) is 3.72. The fourth-order valence-electron chi connectivity index (χ4n) is 3.97. The quantitative estimate of drug-likeness (QED) is 0.244. The molecule has 202 valence electrons. The minimum absolute atomic E-state index is 0.0255. The van der Waals surface area contributed by atoms with Gasteiger partial charge >= 0.3 is 6.18 Å². The lowest BCUT2D eigenvalue weighted by molar-refractivity contribution is -0.166. The number of hydrogen-bond donors (Lipinski definition) is 3. The van der Waals surface area contributed by atoms with Crippen molar-refractivity contribution in [3.8, 4) is 0 Å². The van der Waals surface area contributed by atoms with E-state index in [1.54, 1.807) is 0 Å². The van der Waals surface area contributed by atoms with Gasteiger partial charge < -0.3 is 10.6 Å². The van der Waals surface area contributed by atoms with E-state index in [0.29, 0.717) is 12.8 Å². The number of allylic oxidation sites excluding steroid dienone is 3. The van der Waals surface area contributed by atoms with Crippen molar-refractivity contribution in [1.82, 2.24) is 16.0 Å². The molecule has 2 amide bonds. The van der Waals surface area contributed by atoms with Gasteiger partial charge in [0.2, 0.25) is 11.7 Å². The van der Waals surface area contributed by atoms with Crippen LogP contribution in [0.5, 0.6) is 0 Å². The van der Waals surface area contributed by atoms with Crippen LogP contribution in [0.3, 0.4) is 0 Å². The first kappa shape index (κ1) is 28.3. The van der Waals surface area contributed by atoms with Crippen LogP contribution in [-0.2, 0) is 24.2 Å². The van der Waals surface area contributed by atoms with Crippen LogP contribution in [0.15, 0.2) is 24.1 Å². The number of carbonyl (C=O) groups is 3. The topological polar surface area (TPSA) is 121 Å². The van der Waals surface area contributed by atoms with E-state index >= 15 is 0 Å². The van der Waals surface area contributed by atoms with E-state index < -0.39 is 69.2 Å². The summed E-state index contributed by atoms with van der Waals surface area (Å²) >= 11 is 0. The number of carbonyl (C=O) groups excluding carboxylic acids is 3. The van der Waals surface area contributed by atoms with Gasteiger partial charge in [-0.05, 0) is 56.6 Å². The van der Waals surface area contributed by atoms with Crippen molar-refractivity contribution in [3.63, 3.8) is 0 Å². The summed E-state index contributed by atoms with van der Waals surface area (Å²) in [7, 11) is -3.92. The van der Waals surface area contributed by atoms with Crippen LogP contribution in [0.1, 0.15) is 45.4 Å². The SMILES string of the molecule is CC[C@H](NC(=O)[C@H](CS(=O)(=O)CC1CC1)N[C@@H](C1C=CC(F)=CC1)C(F)(F)F)C(=O)C(=O)NC1CC1. The van der Waals surface area contributed by atoms with Gasteiger partial charge in [0.1, 0.15) is 17.9 Å². The molecule has 2 fully saturated rings. The van der Waals surface area contributed by atoms with Gasteiger partial charge in [-0.1, -0.05) is 13.0 Å². The van der Waals surface area contributed by atoms with Gasteiger partial charge in [-0.25, -0.2) is 12.8 Å². The van der Waals surface area contributed by atoms with E-state index in [0.717, 1.165) is 31.1 Å². The zero-order valence-electron chi connectivity index (χ0n) is 19.8. The normalized spacial score (nSPS) is 22.8. The third-order valence-corrected chi connectivity index (χ3v) is 8.17. The lowest BCUT2D eigenvalue weighted by Gasteiger charge is -2.32. The minimum atomic E-state index is -4.89. The number of nitrogens with one attached hydrogen (secondary N) is 3. The Kier molecular flexibility index (Phi) is 8.97. The summed E-state index contributed by atoms with van der Waals surface area (Å²) in [4.78, 5) is 37.7. The zero-order valence-corrected chi connectivity index (χ0v) is 20.6. The Morgan fingerprint density at radius 2 is 1.78 bits per heavy atom. The summed E-state index contributed by atoms with van der Waals surface area (Å²) in [5.74, 6) is -6.24. The molecule has 36 heavy (non-hydrogen) atoms. The summed E-state index contributed by atoms with van der Waals surface area (Å²) < 4.78 is 80.6. The van der Waals surface area contributed by atoms with E-state index in [-0.39, 0.29) is 30.6 Å². The molecule has 3 aliphatic carbocycles. The first-order valence-electron chi connectivity index (χ1n) is 12.0. The molecule has 0 heterocycles. The number of ketones is 1. The van der Waals surface area contributed by atoms with Crippen molar-refractivity contribution in [2.24, 2.45) is 11.8 Å². The van der Waals surface area contributed by atoms with Crippen LogP contribution in [0.4, 0.5) is 17.6 Å². The summed E-state index contributed by atoms with van der Waals surface area (Å²) in [6.45, 7) is 1.51. The molecular weight excluding hydrogens is 506 g/mol. The van der Waals surface area contributed by atoms with Gasteiger partial charge in [-0.15, -0.1) is 0 Å². The van der Waals surface area contributed by atoms with Crippen LogP contribution < -0.4 is 16.0 Å². The number of sulfone groups is 1. The lowest BCUT2D eigenvalue weighted by atomic mass is 9.91. The molecular formula is C23H31F4N3O5S. The molecule has 1 unspecified atom stereocenters. The second-order valence-electron chi connectivity index (χ2n) is 9.69. The molecule has 2 saturated carbocycles. The smallest absolute Gasteiger partial charge is 0.347 e. The maximum absolute atomic E-state index is 14.0. The van der Waals surface area contributed by atoms with Crippen molar-refractivity contribution >= 4 is 27.4 Å². The lowest BCUT2D eigenvalue weighted by Crippen LogP contribution is -2.60. The summed E-state index contributed by atoms with van der Waals surface area (Å²) in [5, 5.41) is 6.90. The molecule has 4 atom stereocenters. The third-order valence-electron chi connectivity index (χ3n) is 6.35. The molecule has 0 aromatic rings. The van der Waals surface area contributed by atoms with E-state index in [1.165, 1.54) is 6.92 Å². The molecule has 0 aliphatic heterocycles. The highest BCUT2D eigenvalue weighted by Crippen LogP contribution is 2.33. The minimum Gasteiger partial charge on any atom is -0.347 e. The van der Waals surface area contributed by atoms with Crippen LogP contribution in [0, 0.1) is 11.8 Å². The highest BCUT2D eigenvalue weighted by atomic mass is 32.2. The Morgan fingerprint density at radius 3 is 2.28 bits per heavy atom. The van der Waals surface area contributed by atoms with Gasteiger partial charge in [-0.2, -0.15) is 13.2 Å². The maximum atomic E-state index is 14.0. The van der Waals surface area contributed by atoms with Crippen molar-refractivity contribution in [2.45, 2.75) is 75.8 Å². The summed E-state index contributed by atoms with van der Waals surface area (Å²) in [6.07, 6.45) is 0.480.